The second kappa shape index (κ2) is 5.46. The third kappa shape index (κ3) is 3.46. The number of aromatic nitrogens is 1. The molecule has 0 amide bonds. The molecular formula is C10H9N3O4. The van der Waals surface area contributed by atoms with Gasteiger partial charge in [0.25, 0.3) is 5.69 Å². The van der Waals surface area contributed by atoms with Crippen molar-refractivity contribution in [2.24, 2.45) is 0 Å². The zero-order valence-corrected chi connectivity index (χ0v) is 8.97. The maximum Gasteiger partial charge on any atom is 0.317 e. The zero-order chi connectivity index (χ0) is 12.8. The largest absolute Gasteiger partial charge is 0.468 e. The number of carbonyl (C=O) groups excluding carboxylic acids is 1. The number of anilines is 1. The lowest BCUT2D eigenvalue weighted by atomic mass is 10.2. The molecule has 0 aliphatic heterocycles. The molecule has 0 bridgehead atoms. The Hall–Kier alpha value is -2.62. The van der Waals surface area contributed by atoms with Crippen LogP contribution in [0.2, 0.25) is 0 Å². The van der Waals surface area contributed by atoms with E-state index in [1.54, 1.807) is 0 Å². The van der Waals surface area contributed by atoms with E-state index >= 15 is 0 Å². The number of hydrogen-bond donors (Lipinski definition) is 1. The monoisotopic (exact) mass is 235 g/mol. The highest BCUT2D eigenvalue weighted by atomic mass is 16.6. The second-order valence-electron chi connectivity index (χ2n) is 2.94. The maximum atomic E-state index is 10.8. The van der Waals surface area contributed by atoms with E-state index in [2.05, 4.69) is 21.6 Å². The fourth-order valence-electron chi connectivity index (χ4n) is 0.948. The highest BCUT2D eigenvalue weighted by Gasteiger charge is 2.08. The van der Waals surface area contributed by atoms with Crippen LogP contribution in [-0.4, -0.2) is 23.0 Å². The van der Waals surface area contributed by atoms with Crippen LogP contribution in [0.15, 0.2) is 12.3 Å². The Labute approximate surface area is 96.7 Å². The number of nitro groups is 1. The van der Waals surface area contributed by atoms with Crippen molar-refractivity contribution < 1.29 is 14.5 Å². The molecule has 0 spiro atoms. The molecule has 0 atom stereocenters. The summed E-state index contributed by atoms with van der Waals surface area (Å²) in [6.07, 6.45) is 0.930. The van der Waals surface area contributed by atoms with Crippen LogP contribution in [0.3, 0.4) is 0 Å². The van der Waals surface area contributed by atoms with Crippen molar-refractivity contribution in [1.82, 2.24) is 4.98 Å². The molecule has 0 aliphatic carbocycles. The standard InChI is InChI=1S/C10H9N3O4/c1-17-9(14)4-2-3-7-5-8(13(15)16)6-12-10(7)11/h5-6H,4H2,1H3,(H2,11,12). The van der Waals surface area contributed by atoms with Gasteiger partial charge < -0.3 is 10.5 Å². The topological polar surface area (TPSA) is 108 Å². The number of ether oxygens (including phenoxy) is 1. The number of rotatable bonds is 2. The molecule has 0 saturated heterocycles. The van der Waals surface area contributed by atoms with E-state index in [0.29, 0.717) is 0 Å². The summed E-state index contributed by atoms with van der Waals surface area (Å²) in [6, 6.07) is 1.20. The SMILES string of the molecule is COC(=O)CC#Cc1cc([N+](=O)[O-])cnc1N. The summed E-state index contributed by atoms with van der Waals surface area (Å²) in [7, 11) is 1.24. The number of nitrogens with two attached hydrogens (primary N) is 1. The van der Waals surface area contributed by atoms with Gasteiger partial charge in [0, 0.05) is 6.07 Å². The first kappa shape index (κ1) is 12.4. The van der Waals surface area contributed by atoms with Crippen molar-refractivity contribution in [1.29, 1.82) is 0 Å². The molecule has 0 fully saturated rings. The first-order chi connectivity index (χ1) is 8.04. The van der Waals surface area contributed by atoms with Gasteiger partial charge in [-0.15, -0.1) is 0 Å². The van der Waals surface area contributed by atoms with Crippen molar-refractivity contribution in [3.63, 3.8) is 0 Å². The maximum absolute atomic E-state index is 10.8. The van der Waals surface area contributed by atoms with E-state index in [0.717, 1.165) is 6.20 Å². The minimum atomic E-state index is -0.599. The fourth-order valence-corrected chi connectivity index (χ4v) is 0.948. The van der Waals surface area contributed by atoms with Crippen molar-refractivity contribution in [2.75, 3.05) is 12.8 Å². The minimum Gasteiger partial charge on any atom is -0.468 e. The van der Waals surface area contributed by atoms with Crippen LogP contribution in [0.25, 0.3) is 0 Å². The quantitative estimate of drug-likeness (QED) is 0.346. The number of nitrogen functional groups attached to an aromatic ring is 1. The second-order valence-corrected chi connectivity index (χ2v) is 2.94. The molecule has 0 unspecified atom stereocenters. The molecule has 2 N–H and O–H groups in total. The summed E-state index contributed by atoms with van der Waals surface area (Å²) in [5.74, 6) is 4.61. The van der Waals surface area contributed by atoms with E-state index < -0.39 is 10.9 Å². The smallest absolute Gasteiger partial charge is 0.317 e. The Bertz CT molecular complexity index is 516. The molecular weight excluding hydrogens is 226 g/mol. The average Bonchev–Trinajstić information content (AvgIpc) is 2.30. The van der Waals surface area contributed by atoms with Crippen LogP contribution >= 0.6 is 0 Å². The summed E-state index contributed by atoms with van der Waals surface area (Å²) in [5, 5.41) is 10.5. The van der Waals surface area contributed by atoms with Gasteiger partial charge in [0.2, 0.25) is 0 Å². The molecule has 88 valence electrons. The predicted molar refractivity (Wildman–Crippen MR) is 58.8 cm³/mol. The number of nitrogens with zero attached hydrogens (tertiary/aromatic N) is 2. The normalized spacial score (nSPS) is 9.00. The highest BCUT2D eigenvalue weighted by molar-refractivity contribution is 5.72. The fraction of sp³-hybridized carbons (Fsp3) is 0.200. The first-order valence-electron chi connectivity index (χ1n) is 4.50. The molecule has 1 aromatic heterocycles. The third-order valence-electron chi connectivity index (χ3n) is 1.80. The summed E-state index contributed by atoms with van der Waals surface area (Å²) in [4.78, 5) is 24.3. The van der Waals surface area contributed by atoms with Gasteiger partial charge in [-0.3, -0.25) is 14.9 Å². The lowest BCUT2D eigenvalue weighted by Crippen LogP contribution is -1.99. The molecule has 0 aromatic carbocycles. The molecule has 1 rings (SSSR count). The van der Waals surface area contributed by atoms with Crippen molar-refractivity contribution in [3.05, 3.63) is 27.9 Å². The van der Waals surface area contributed by atoms with Gasteiger partial charge in [0.1, 0.15) is 18.4 Å². The summed E-state index contributed by atoms with van der Waals surface area (Å²) < 4.78 is 4.38. The summed E-state index contributed by atoms with van der Waals surface area (Å²) in [6.45, 7) is 0. The van der Waals surface area contributed by atoms with Gasteiger partial charge in [0.05, 0.1) is 17.6 Å². The number of esters is 1. The van der Waals surface area contributed by atoms with Crippen LogP contribution < -0.4 is 5.73 Å². The van der Waals surface area contributed by atoms with Crippen LogP contribution in [0.4, 0.5) is 11.5 Å². The number of methoxy groups -OCH3 is 1. The summed E-state index contributed by atoms with van der Waals surface area (Å²) in [5.41, 5.74) is 5.49. The van der Waals surface area contributed by atoms with Gasteiger partial charge in [0.15, 0.2) is 0 Å². The van der Waals surface area contributed by atoms with Crippen molar-refractivity contribution >= 4 is 17.5 Å². The lowest BCUT2D eigenvalue weighted by Gasteiger charge is -1.96. The lowest BCUT2D eigenvalue weighted by molar-refractivity contribution is -0.385. The van der Waals surface area contributed by atoms with Gasteiger partial charge in [-0.2, -0.15) is 0 Å². The Morgan fingerprint density at radius 3 is 3.00 bits per heavy atom. The molecule has 0 aliphatic rings. The van der Waals surface area contributed by atoms with Crippen molar-refractivity contribution in [3.8, 4) is 11.8 Å². The zero-order valence-electron chi connectivity index (χ0n) is 8.97. The van der Waals surface area contributed by atoms with Crippen molar-refractivity contribution in [2.45, 2.75) is 6.42 Å². The van der Waals surface area contributed by atoms with E-state index in [9.17, 15) is 14.9 Å². The third-order valence-corrected chi connectivity index (χ3v) is 1.80. The molecule has 7 heteroatoms. The Kier molecular flexibility index (Phi) is 4.00. The van der Waals surface area contributed by atoms with E-state index in [1.807, 2.05) is 0 Å². The van der Waals surface area contributed by atoms with Crippen LogP contribution in [-0.2, 0) is 9.53 Å². The molecule has 17 heavy (non-hydrogen) atoms. The summed E-state index contributed by atoms with van der Waals surface area (Å²) >= 11 is 0. The van der Waals surface area contributed by atoms with Gasteiger partial charge in [-0.1, -0.05) is 11.8 Å². The molecule has 1 heterocycles. The van der Waals surface area contributed by atoms with Gasteiger partial charge in [-0.05, 0) is 0 Å². The van der Waals surface area contributed by atoms with Crippen LogP contribution in [0.5, 0.6) is 0 Å². The number of carbonyl (C=O) groups is 1. The van der Waals surface area contributed by atoms with E-state index in [-0.39, 0.29) is 23.5 Å². The van der Waals surface area contributed by atoms with Gasteiger partial charge >= 0.3 is 5.97 Å². The van der Waals surface area contributed by atoms with Crippen LogP contribution in [0.1, 0.15) is 12.0 Å². The molecule has 7 nitrogen and oxygen atoms in total. The highest BCUT2D eigenvalue weighted by Crippen LogP contribution is 2.15. The van der Waals surface area contributed by atoms with Crippen LogP contribution in [0, 0.1) is 22.0 Å². The Balaban J connectivity index is 2.93. The molecule has 1 aromatic rings. The number of hydrogen-bond acceptors (Lipinski definition) is 6. The first-order valence-corrected chi connectivity index (χ1v) is 4.50. The predicted octanol–water partition coefficient (Wildman–Crippen LogP) is 0.487. The number of pyridine rings is 1. The van der Waals surface area contributed by atoms with Gasteiger partial charge in [-0.25, -0.2) is 4.98 Å². The Morgan fingerprint density at radius 1 is 1.71 bits per heavy atom. The van der Waals surface area contributed by atoms with E-state index in [4.69, 9.17) is 5.73 Å². The minimum absolute atomic E-state index is 0.0768. The Morgan fingerprint density at radius 2 is 2.41 bits per heavy atom. The molecule has 0 radical (unpaired) electrons. The molecule has 0 saturated carbocycles. The van der Waals surface area contributed by atoms with E-state index in [1.165, 1.54) is 13.2 Å². The average molecular weight is 235 g/mol.